The Morgan fingerprint density at radius 2 is 2.42 bits per heavy atom. The standard InChI is InChI=1S/C9H7NO2/c1-3-7-4-8(9(11)12)6(2)5-10-7/h1,4-5H,2H3,(H,11,12). The second kappa shape index (κ2) is 3.05. The van der Waals surface area contributed by atoms with Crippen molar-refractivity contribution >= 4 is 5.97 Å². The van der Waals surface area contributed by atoms with Gasteiger partial charge in [-0.25, -0.2) is 9.78 Å². The SMILES string of the molecule is C#Cc1cc(C(=O)O)c(C)cn1. The summed E-state index contributed by atoms with van der Waals surface area (Å²) in [5, 5.41) is 8.69. The molecule has 0 aromatic carbocycles. The maximum absolute atomic E-state index is 10.6. The fraction of sp³-hybridized carbons (Fsp3) is 0.111. The number of aryl methyl sites for hydroxylation is 1. The Labute approximate surface area is 70.1 Å². The van der Waals surface area contributed by atoms with Crippen molar-refractivity contribution in [2.45, 2.75) is 6.92 Å². The Bertz CT molecular complexity index is 363. The molecular formula is C9H7NO2. The molecule has 0 bridgehead atoms. The van der Waals surface area contributed by atoms with E-state index in [4.69, 9.17) is 11.5 Å². The van der Waals surface area contributed by atoms with Gasteiger partial charge in [0.2, 0.25) is 0 Å². The lowest BCUT2D eigenvalue weighted by Crippen LogP contribution is -2.01. The Balaban J connectivity index is 3.28. The van der Waals surface area contributed by atoms with Crippen LogP contribution in [0.4, 0.5) is 0 Å². The summed E-state index contributed by atoms with van der Waals surface area (Å²) in [5.41, 5.74) is 1.16. The highest BCUT2D eigenvalue weighted by molar-refractivity contribution is 5.89. The van der Waals surface area contributed by atoms with Gasteiger partial charge < -0.3 is 5.11 Å². The zero-order valence-corrected chi connectivity index (χ0v) is 6.53. The number of hydrogen-bond acceptors (Lipinski definition) is 2. The first-order chi connectivity index (χ1) is 5.65. The van der Waals surface area contributed by atoms with Gasteiger partial charge in [-0.15, -0.1) is 6.42 Å². The molecule has 1 N–H and O–H groups in total. The Morgan fingerprint density at radius 3 is 2.92 bits per heavy atom. The number of aromatic carboxylic acids is 1. The molecule has 1 heterocycles. The number of terminal acetylenes is 1. The second-order valence-corrected chi connectivity index (χ2v) is 2.33. The van der Waals surface area contributed by atoms with E-state index in [1.54, 1.807) is 6.92 Å². The van der Waals surface area contributed by atoms with Crippen molar-refractivity contribution in [2.75, 3.05) is 0 Å². The summed E-state index contributed by atoms with van der Waals surface area (Å²) in [6, 6.07) is 1.39. The molecule has 0 saturated carbocycles. The zero-order valence-electron chi connectivity index (χ0n) is 6.53. The van der Waals surface area contributed by atoms with Gasteiger partial charge in [-0.05, 0) is 18.6 Å². The predicted molar refractivity (Wildman–Crippen MR) is 43.9 cm³/mol. The van der Waals surface area contributed by atoms with Crippen molar-refractivity contribution in [3.05, 3.63) is 29.1 Å². The van der Waals surface area contributed by atoms with Crippen LogP contribution in [0.15, 0.2) is 12.3 Å². The molecule has 1 rings (SSSR count). The third-order valence-electron chi connectivity index (χ3n) is 1.48. The van der Waals surface area contributed by atoms with E-state index in [2.05, 4.69) is 10.9 Å². The molecule has 1 aromatic rings. The van der Waals surface area contributed by atoms with Gasteiger partial charge >= 0.3 is 5.97 Å². The van der Waals surface area contributed by atoms with Crippen molar-refractivity contribution in [2.24, 2.45) is 0 Å². The van der Waals surface area contributed by atoms with Crippen LogP contribution in [0, 0.1) is 19.3 Å². The second-order valence-electron chi connectivity index (χ2n) is 2.33. The van der Waals surface area contributed by atoms with Crippen LogP contribution in [0.25, 0.3) is 0 Å². The number of carbonyl (C=O) groups is 1. The highest BCUT2D eigenvalue weighted by Crippen LogP contribution is 2.07. The summed E-state index contributed by atoms with van der Waals surface area (Å²) in [6.07, 6.45) is 6.52. The first-order valence-electron chi connectivity index (χ1n) is 3.31. The molecule has 0 unspecified atom stereocenters. The maximum Gasteiger partial charge on any atom is 0.336 e. The molecule has 0 amide bonds. The summed E-state index contributed by atoms with van der Waals surface area (Å²) >= 11 is 0. The molecular weight excluding hydrogens is 154 g/mol. The van der Waals surface area contributed by atoms with E-state index in [-0.39, 0.29) is 5.56 Å². The highest BCUT2D eigenvalue weighted by atomic mass is 16.4. The lowest BCUT2D eigenvalue weighted by atomic mass is 10.1. The zero-order chi connectivity index (χ0) is 9.14. The summed E-state index contributed by atoms with van der Waals surface area (Å²) in [6.45, 7) is 1.68. The van der Waals surface area contributed by atoms with Crippen LogP contribution in [0.5, 0.6) is 0 Å². The molecule has 0 aliphatic heterocycles. The molecule has 60 valence electrons. The van der Waals surface area contributed by atoms with Gasteiger partial charge in [0.1, 0.15) is 5.69 Å². The Kier molecular flexibility index (Phi) is 2.11. The highest BCUT2D eigenvalue weighted by Gasteiger charge is 2.07. The van der Waals surface area contributed by atoms with Crippen LogP contribution < -0.4 is 0 Å². The van der Waals surface area contributed by atoms with E-state index in [0.29, 0.717) is 11.3 Å². The van der Waals surface area contributed by atoms with Gasteiger partial charge in [0, 0.05) is 6.20 Å². The van der Waals surface area contributed by atoms with Crippen molar-refractivity contribution in [3.8, 4) is 12.3 Å². The smallest absolute Gasteiger partial charge is 0.336 e. The fourth-order valence-electron chi connectivity index (χ4n) is 0.833. The first-order valence-corrected chi connectivity index (χ1v) is 3.31. The minimum Gasteiger partial charge on any atom is -0.478 e. The Morgan fingerprint density at radius 1 is 1.75 bits per heavy atom. The van der Waals surface area contributed by atoms with Gasteiger partial charge in [0.15, 0.2) is 0 Å². The van der Waals surface area contributed by atoms with E-state index in [1.165, 1.54) is 12.3 Å². The number of carboxylic acid groups (broad SMARTS) is 1. The van der Waals surface area contributed by atoms with Crippen molar-refractivity contribution in [1.82, 2.24) is 4.98 Å². The van der Waals surface area contributed by atoms with Gasteiger partial charge in [-0.3, -0.25) is 0 Å². The van der Waals surface area contributed by atoms with Gasteiger partial charge in [0.25, 0.3) is 0 Å². The van der Waals surface area contributed by atoms with E-state index in [0.717, 1.165) is 0 Å². The first kappa shape index (κ1) is 8.28. The normalized spacial score (nSPS) is 9.00. The molecule has 1 aromatic heterocycles. The largest absolute Gasteiger partial charge is 0.478 e. The minimum atomic E-state index is -0.980. The van der Waals surface area contributed by atoms with Crippen LogP contribution in [0.1, 0.15) is 21.6 Å². The van der Waals surface area contributed by atoms with Crippen molar-refractivity contribution in [3.63, 3.8) is 0 Å². The molecule has 0 spiro atoms. The van der Waals surface area contributed by atoms with Gasteiger partial charge in [0.05, 0.1) is 5.56 Å². The Hall–Kier alpha value is -1.82. The van der Waals surface area contributed by atoms with E-state index in [9.17, 15) is 4.79 Å². The average Bonchev–Trinajstić information content (AvgIpc) is 2.05. The summed E-state index contributed by atoms with van der Waals surface area (Å²) in [4.78, 5) is 14.4. The number of carboxylic acids is 1. The average molecular weight is 161 g/mol. The van der Waals surface area contributed by atoms with Gasteiger partial charge in [-0.1, -0.05) is 5.92 Å². The van der Waals surface area contributed by atoms with Crippen LogP contribution in [0.2, 0.25) is 0 Å². The number of hydrogen-bond donors (Lipinski definition) is 1. The summed E-state index contributed by atoms with van der Waals surface area (Å²) < 4.78 is 0. The molecule has 0 saturated heterocycles. The molecule has 3 heteroatoms. The van der Waals surface area contributed by atoms with Crippen molar-refractivity contribution in [1.29, 1.82) is 0 Å². The minimum absolute atomic E-state index is 0.206. The van der Waals surface area contributed by atoms with Crippen molar-refractivity contribution < 1.29 is 9.90 Å². The molecule has 0 aliphatic rings. The molecule has 0 aliphatic carbocycles. The third kappa shape index (κ3) is 1.43. The number of rotatable bonds is 1. The summed E-state index contributed by atoms with van der Waals surface area (Å²) in [5.74, 6) is 1.29. The predicted octanol–water partition coefficient (Wildman–Crippen LogP) is 1.07. The lowest BCUT2D eigenvalue weighted by molar-refractivity contribution is 0.0696. The van der Waals surface area contributed by atoms with Crippen LogP contribution in [-0.4, -0.2) is 16.1 Å². The van der Waals surface area contributed by atoms with Gasteiger partial charge in [-0.2, -0.15) is 0 Å². The number of pyridine rings is 1. The molecule has 0 radical (unpaired) electrons. The quantitative estimate of drug-likeness (QED) is 0.627. The molecule has 0 atom stereocenters. The molecule has 3 nitrogen and oxygen atoms in total. The fourth-order valence-corrected chi connectivity index (χ4v) is 0.833. The maximum atomic E-state index is 10.6. The van der Waals surface area contributed by atoms with Crippen LogP contribution in [0.3, 0.4) is 0 Å². The van der Waals surface area contributed by atoms with E-state index < -0.39 is 5.97 Å². The lowest BCUT2D eigenvalue weighted by Gasteiger charge is -1.98. The van der Waals surface area contributed by atoms with E-state index in [1.807, 2.05) is 0 Å². The van der Waals surface area contributed by atoms with Crippen LogP contribution in [-0.2, 0) is 0 Å². The summed E-state index contributed by atoms with van der Waals surface area (Å²) in [7, 11) is 0. The number of aromatic nitrogens is 1. The topological polar surface area (TPSA) is 50.2 Å². The monoisotopic (exact) mass is 161 g/mol. The van der Waals surface area contributed by atoms with Crippen LogP contribution >= 0.6 is 0 Å². The third-order valence-corrected chi connectivity index (χ3v) is 1.48. The molecule has 12 heavy (non-hydrogen) atoms. The number of nitrogens with zero attached hydrogens (tertiary/aromatic N) is 1. The van der Waals surface area contributed by atoms with E-state index >= 15 is 0 Å². The molecule has 0 fully saturated rings.